The van der Waals surface area contributed by atoms with Crippen molar-refractivity contribution in [2.75, 3.05) is 12.3 Å². The first-order valence-electron chi connectivity index (χ1n) is 5.84. The maximum Gasteiger partial charge on any atom is 0.0458 e. The first-order chi connectivity index (χ1) is 7.59. The summed E-state index contributed by atoms with van der Waals surface area (Å²) < 4.78 is 0.988. The van der Waals surface area contributed by atoms with Crippen molar-refractivity contribution in [2.24, 2.45) is 5.41 Å². The Balaban J connectivity index is 1.83. The topological polar surface area (TPSA) is 38.0 Å². The molecule has 0 unspecified atom stereocenters. The largest absolute Gasteiger partial charge is 0.398 e. The SMILES string of the molecule is CC1(CNCc2ccc(N)c(Br)c2)CCC1. The Hall–Kier alpha value is -0.540. The van der Waals surface area contributed by atoms with E-state index in [-0.39, 0.29) is 0 Å². The van der Waals surface area contributed by atoms with E-state index in [0.29, 0.717) is 5.41 Å². The molecule has 0 radical (unpaired) electrons. The van der Waals surface area contributed by atoms with Crippen LogP contribution < -0.4 is 11.1 Å². The zero-order chi connectivity index (χ0) is 11.6. The van der Waals surface area contributed by atoms with Gasteiger partial charge in [0.25, 0.3) is 0 Å². The molecule has 1 aliphatic carbocycles. The first-order valence-corrected chi connectivity index (χ1v) is 6.63. The number of anilines is 1. The molecule has 0 aliphatic heterocycles. The molecule has 1 aromatic carbocycles. The predicted molar refractivity (Wildman–Crippen MR) is 72.2 cm³/mol. The van der Waals surface area contributed by atoms with Crippen molar-refractivity contribution in [2.45, 2.75) is 32.7 Å². The van der Waals surface area contributed by atoms with Crippen molar-refractivity contribution in [3.8, 4) is 0 Å². The lowest BCUT2D eigenvalue weighted by Crippen LogP contribution is -2.36. The number of rotatable bonds is 4. The molecule has 0 saturated heterocycles. The van der Waals surface area contributed by atoms with E-state index in [2.05, 4.69) is 40.3 Å². The normalized spacial score (nSPS) is 18.1. The van der Waals surface area contributed by atoms with Gasteiger partial charge in [-0.05, 0) is 51.9 Å². The number of benzene rings is 1. The third kappa shape index (κ3) is 2.77. The third-order valence-electron chi connectivity index (χ3n) is 3.51. The zero-order valence-electron chi connectivity index (χ0n) is 9.72. The number of nitrogen functional groups attached to an aromatic ring is 1. The maximum atomic E-state index is 5.75. The highest BCUT2D eigenvalue weighted by Crippen LogP contribution is 2.39. The van der Waals surface area contributed by atoms with Crippen molar-refractivity contribution in [1.82, 2.24) is 5.32 Å². The Labute approximate surface area is 106 Å². The molecule has 2 rings (SSSR count). The summed E-state index contributed by atoms with van der Waals surface area (Å²) in [5.74, 6) is 0. The van der Waals surface area contributed by atoms with Gasteiger partial charge in [-0.1, -0.05) is 19.4 Å². The average molecular weight is 283 g/mol. The van der Waals surface area contributed by atoms with Crippen molar-refractivity contribution >= 4 is 21.6 Å². The van der Waals surface area contributed by atoms with Crippen LogP contribution >= 0.6 is 15.9 Å². The van der Waals surface area contributed by atoms with Crippen LogP contribution in [-0.2, 0) is 6.54 Å². The van der Waals surface area contributed by atoms with Crippen LogP contribution in [0.25, 0.3) is 0 Å². The number of nitrogens with one attached hydrogen (secondary N) is 1. The summed E-state index contributed by atoms with van der Waals surface area (Å²) >= 11 is 3.45. The van der Waals surface area contributed by atoms with Crippen LogP contribution in [0.3, 0.4) is 0 Å². The summed E-state index contributed by atoms with van der Waals surface area (Å²) in [5, 5.41) is 3.53. The lowest BCUT2D eigenvalue weighted by Gasteiger charge is -2.38. The molecule has 0 spiro atoms. The summed E-state index contributed by atoms with van der Waals surface area (Å²) in [4.78, 5) is 0. The van der Waals surface area contributed by atoms with E-state index in [9.17, 15) is 0 Å². The predicted octanol–water partition coefficient (Wildman–Crippen LogP) is 3.31. The van der Waals surface area contributed by atoms with Gasteiger partial charge in [-0.3, -0.25) is 0 Å². The number of halogens is 1. The third-order valence-corrected chi connectivity index (χ3v) is 4.19. The second kappa shape index (κ2) is 4.76. The number of hydrogen-bond acceptors (Lipinski definition) is 2. The Morgan fingerprint density at radius 1 is 1.44 bits per heavy atom. The van der Waals surface area contributed by atoms with E-state index >= 15 is 0 Å². The maximum absolute atomic E-state index is 5.75. The molecule has 1 fully saturated rings. The molecular weight excluding hydrogens is 264 g/mol. The fourth-order valence-corrected chi connectivity index (χ4v) is 2.57. The fourth-order valence-electron chi connectivity index (χ4n) is 2.15. The quantitative estimate of drug-likeness (QED) is 0.832. The Kier molecular flexibility index (Phi) is 3.55. The van der Waals surface area contributed by atoms with Gasteiger partial charge in [-0.15, -0.1) is 0 Å². The molecule has 1 aromatic rings. The van der Waals surface area contributed by atoms with Crippen LogP contribution in [0.2, 0.25) is 0 Å². The minimum absolute atomic E-state index is 0.547. The fraction of sp³-hybridized carbons (Fsp3) is 0.538. The highest BCUT2D eigenvalue weighted by molar-refractivity contribution is 9.10. The molecule has 3 N–H and O–H groups in total. The zero-order valence-corrected chi connectivity index (χ0v) is 11.3. The van der Waals surface area contributed by atoms with Crippen molar-refractivity contribution in [3.05, 3.63) is 28.2 Å². The highest BCUT2D eigenvalue weighted by Gasteiger charge is 2.30. The lowest BCUT2D eigenvalue weighted by molar-refractivity contribution is 0.156. The van der Waals surface area contributed by atoms with Gasteiger partial charge in [0.05, 0.1) is 0 Å². The standard InChI is InChI=1S/C13H19BrN2/c1-13(5-2-6-13)9-16-8-10-3-4-12(15)11(14)7-10/h3-4,7,16H,2,5-6,8-9,15H2,1H3. The Morgan fingerprint density at radius 3 is 2.75 bits per heavy atom. The summed E-state index contributed by atoms with van der Waals surface area (Å²) in [6, 6.07) is 6.12. The first kappa shape index (κ1) is 11.9. The van der Waals surface area contributed by atoms with Crippen LogP contribution in [0.5, 0.6) is 0 Å². The summed E-state index contributed by atoms with van der Waals surface area (Å²) in [6.45, 7) is 4.41. The molecule has 0 heterocycles. The van der Waals surface area contributed by atoms with Gasteiger partial charge >= 0.3 is 0 Å². The van der Waals surface area contributed by atoms with Crippen molar-refractivity contribution in [3.63, 3.8) is 0 Å². The van der Waals surface area contributed by atoms with E-state index in [1.165, 1.54) is 24.8 Å². The molecule has 0 atom stereocenters. The Bertz CT molecular complexity index is 372. The van der Waals surface area contributed by atoms with Crippen LogP contribution in [0, 0.1) is 5.41 Å². The van der Waals surface area contributed by atoms with Crippen LogP contribution in [-0.4, -0.2) is 6.54 Å². The molecule has 3 heteroatoms. The molecule has 88 valence electrons. The molecule has 16 heavy (non-hydrogen) atoms. The van der Waals surface area contributed by atoms with E-state index in [1.54, 1.807) is 0 Å². The molecule has 2 nitrogen and oxygen atoms in total. The molecule has 0 aromatic heterocycles. The van der Waals surface area contributed by atoms with Gasteiger partial charge in [-0.25, -0.2) is 0 Å². The molecule has 1 aliphatic rings. The van der Waals surface area contributed by atoms with Crippen LogP contribution in [0.1, 0.15) is 31.7 Å². The summed E-state index contributed by atoms with van der Waals surface area (Å²) in [7, 11) is 0. The molecule has 0 amide bonds. The van der Waals surface area contributed by atoms with Crippen molar-refractivity contribution in [1.29, 1.82) is 0 Å². The summed E-state index contributed by atoms with van der Waals surface area (Å²) in [6.07, 6.45) is 4.13. The summed E-state index contributed by atoms with van der Waals surface area (Å²) in [5.41, 5.74) is 8.38. The van der Waals surface area contributed by atoms with E-state index < -0.39 is 0 Å². The van der Waals surface area contributed by atoms with Crippen molar-refractivity contribution < 1.29 is 0 Å². The minimum Gasteiger partial charge on any atom is -0.398 e. The van der Waals surface area contributed by atoms with Crippen LogP contribution in [0.15, 0.2) is 22.7 Å². The van der Waals surface area contributed by atoms with Gasteiger partial charge in [0, 0.05) is 23.2 Å². The van der Waals surface area contributed by atoms with Gasteiger partial charge in [0.1, 0.15) is 0 Å². The van der Waals surface area contributed by atoms with Gasteiger partial charge < -0.3 is 11.1 Å². The highest BCUT2D eigenvalue weighted by atomic mass is 79.9. The molecule has 0 bridgehead atoms. The van der Waals surface area contributed by atoms with Gasteiger partial charge in [-0.2, -0.15) is 0 Å². The second-order valence-electron chi connectivity index (χ2n) is 5.12. The lowest BCUT2D eigenvalue weighted by atomic mass is 9.70. The van der Waals surface area contributed by atoms with E-state index in [0.717, 1.165) is 23.2 Å². The minimum atomic E-state index is 0.547. The Morgan fingerprint density at radius 2 is 2.19 bits per heavy atom. The second-order valence-corrected chi connectivity index (χ2v) is 5.98. The van der Waals surface area contributed by atoms with Gasteiger partial charge in [0.2, 0.25) is 0 Å². The van der Waals surface area contributed by atoms with Gasteiger partial charge in [0.15, 0.2) is 0 Å². The monoisotopic (exact) mass is 282 g/mol. The smallest absolute Gasteiger partial charge is 0.0458 e. The van der Waals surface area contributed by atoms with E-state index in [1.807, 2.05) is 6.07 Å². The number of hydrogen-bond donors (Lipinski definition) is 2. The molecule has 1 saturated carbocycles. The molecular formula is C13H19BrN2. The van der Waals surface area contributed by atoms with E-state index in [4.69, 9.17) is 5.73 Å². The number of nitrogens with two attached hydrogens (primary N) is 1. The van der Waals surface area contributed by atoms with Crippen LogP contribution in [0.4, 0.5) is 5.69 Å². The average Bonchev–Trinajstić information content (AvgIpc) is 2.21.